The second-order valence-corrected chi connectivity index (χ2v) is 13.4. The molecular formula is C28H31N5O2S2. The number of benzene rings is 1. The first-order valence-corrected chi connectivity index (χ1v) is 14.5. The van der Waals surface area contributed by atoms with Gasteiger partial charge in [-0.05, 0) is 61.3 Å². The lowest BCUT2D eigenvalue weighted by Crippen LogP contribution is -2.37. The number of hydrogen-bond acceptors (Lipinski definition) is 7. The monoisotopic (exact) mass is 533 g/mol. The molecule has 4 aromatic rings. The number of thiazole rings is 1. The van der Waals surface area contributed by atoms with Crippen LogP contribution < -0.4 is 0 Å². The average Bonchev–Trinajstić information content (AvgIpc) is 3.63. The fraction of sp³-hybridized carbons (Fsp3) is 0.429. The number of nitrogens with zero attached hydrogens (tertiary/aromatic N) is 5. The van der Waals surface area contributed by atoms with Crippen LogP contribution in [0, 0.1) is 17.8 Å². The number of amides is 1. The molecule has 2 atom stereocenters. The number of thioether (sulfide) groups is 1. The highest BCUT2D eigenvalue weighted by Gasteiger charge is 2.51. The number of carbonyl (C=O) groups is 1. The van der Waals surface area contributed by atoms with Crippen molar-refractivity contribution in [3.63, 3.8) is 0 Å². The van der Waals surface area contributed by atoms with Gasteiger partial charge in [0.15, 0.2) is 10.9 Å². The molecular weight excluding hydrogens is 502 g/mol. The summed E-state index contributed by atoms with van der Waals surface area (Å²) in [6, 6.07) is 12.3. The highest BCUT2D eigenvalue weighted by Crippen LogP contribution is 2.52. The molecule has 0 radical (unpaired) electrons. The number of rotatable bonds is 6. The molecule has 37 heavy (non-hydrogen) atoms. The Kier molecular flexibility index (Phi) is 6.03. The third-order valence-electron chi connectivity index (χ3n) is 7.44. The third kappa shape index (κ3) is 4.75. The minimum absolute atomic E-state index is 0.0712. The fourth-order valence-corrected chi connectivity index (χ4v) is 8.04. The minimum atomic E-state index is 0.0712. The van der Waals surface area contributed by atoms with Crippen LogP contribution in [0.2, 0.25) is 0 Å². The van der Waals surface area contributed by atoms with Crippen LogP contribution >= 0.6 is 23.1 Å². The van der Waals surface area contributed by atoms with Crippen molar-refractivity contribution in [2.75, 3.05) is 6.54 Å². The molecule has 1 aromatic carbocycles. The van der Waals surface area contributed by atoms with E-state index >= 15 is 0 Å². The Bertz CT molecular complexity index is 1420. The normalized spacial score (nSPS) is 22.5. The van der Waals surface area contributed by atoms with E-state index < -0.39 is 0 Å². The number of furan rings is 1. The lowest BCUT2D eigenvalue weighted by atomic mass is 9.65. The maximum atomic E-state index is 13.5. The van der Waals surface area contributed by atoms with Crippen molar-refractivity contribution in [3.8, 4) is 17.3 Å². The zero-order valence-electron chi connectivity index (χ0n) is 21.6. The van der Waals surface area contributed by atoms with Crippen LogP contribution in [0.4, 0.5) is 0 Å². The summed E-state index contributed by atoms with van der Waals surface area (Å²) in [5, 5.41) is 12.5. The van der Waals surface area contributed by atoms with E-state index in [9.17, 15) is 4.79 Å². The van der Waals surface area contributed by atoms with Gasteiger partial charge in [0.25, 0.3) is 5.91 Å². The first kappa shape index (κ1) is 24.4. The zero-order valence-corrected chi connectivity index (χ0v) is 23.2. The van der Waals surface area contributed by atoms with E-state index in [1.54, 1.807) is 18.0 Å². The topological polar surface area (TPSA) is 77.1 Å². The Morgan fingerprint density at radius 3 is 2.73 bits per heavy atom. The number of likely N-dealkylation sites (tertiary alicyclic amines) is 1. The maximum absolute atomic E-state index is 13.5. The van der Waals surface area contributed by atoms with Crippen molar-refractivity contribution in [3.05, 3.63) is 64.3 Å². The lowest BCUT2D eigenvalue weighted by molar-refractivity contribution is 0.0703. The number of hydrogen-bond donors (Lipinski definition) is 0. The molecule has 7 nitrogen and oxygen atoms in total. The molecule has 1 saturated carbocycles. The molecule has 1 aliphatic heterocycles. The summed E-state index contributed by atoms with van der Waals surface area (Å²) in [6.45, 7) is 9.89. The summed E-state index contributed by atoms with van der Waals surface area (Å²) in [4.78, 5) is 20.3. The summed E-state index contributed by atoms with van der Waals surface area (Å²) >= 11 is 3.09. The van der Waals surface area contributed by atoms with E-state index in [2.05, 4.69) is 67.1 Å². The Balaban J connectivity index is 1.20. The van der Waals surface area contributed by atoms with Crippen LogP contribution in [-0.2, 0) is 5.75 Å². The largest absolute Gasteiger partial charge is 0.461 e. The van der Waals surface area contributed by atoms with Gasteiger partial charge in [-0.2, -0.15) is 0 Å². The van der Waals surface area contributed by atoms with E-state index in [4.69, 9.17) is 9.40 Å². The molecule has 3 aromatic heterocycles. The van der Waals surface area contributed by atoms with Crippen molar-refractivity contribution in [1.82, 2.24) is 24.6 Å². The molecule has 0 N–H and O–H groups in total. The van der Waals surface area contributed by atoms with Crippen LogP contribution in [0.3, 0.4) is 0 Å². The van der Waals surface area contributed by atoms with Crippen LogP contribution in [0.1, 0.15) is 61.1 Å². The van der Waals surface area contributed by atoms with Gasteiger partial charge in [-0.3, -0.25) is 9.36 Å². The minimum Gasteiger partial charge on any atom is -0.461 e. The number of aryl methyl sites for hydroxylation is 1. The molecule has 1 saturated heterocycles. The van der Waals surface area contributed by atoms with Crippen LogP contribution in [0.5, 0.6) is 0 Å². The van der Waals surface area contributed by atoms with Gasteiger partial charge >= 0.3 is 0 Å². The van der Waals surface area contributed by atoms with Crippen molar-refractivity contribution >= 4 is 29.0 Å². The molecule has 2 unspecified atom stereocenters. The molecule has 1 amide bonds. The second-order valence-electron chi connectivity index (χ2n) is 11.5. The van der Waals surface area contributed by atoms with Crippen LogP contribution in [0.15, 0.2) is 57.6 Å². The lowest BCUT2D eigenvalue weighted by Gasteiger charge is -2.39. The van der Waals surface area contributed by atoms with Gasteiger partial charge < -0.3 is 9.32 Å². The van der Waals surface area contributed by atoms with E-state index in [1.807, 2.05) is 22.1 Å². The highest BCUT2D eigenvalue weighted by molar-refractivity contribution is 7.98. The third-order valence-corrected chi connectivity index (χ3v) is 9.41. The fourth-order valence-electron chi connectivity index (χ4n) is 6.30. The van der Waals surface area contributed by atoms with E-state index in [-0.39, 0.29) is 16.7 Å². The molecule has 9 heteroatoms. The van der Waals surface area contributed by atoms with Crippen molar-refractivity contribution < 1.29 is 9.21 Å². The predicted molar refractivity (Wildman–Crippen MR) is 146 cm³/mol. The van der Waals surface area contributed by atoms with E-state index in [1.165, 1.54) is 23.3 Å². The molecule has 2 fully saturated rings. The molecule has 192 valence electrons. The van der Waals surface area contributed by atoms with Gasteiger partial charge in [-0.1, -0.05) is 50.2 Å². The van der Waals surface area contributed by atoms with Crippen molar-refractivity contribution in [2.45, 2.75) is 63.9 Å². The molecule has 1 aliphatic carbocycles. The van der Waals surface area contributed by atoms with Gasteiger partial charge in [0, 0.05) is 23.7 Å². The molecule has 2 bridgehead atoms. The molecule has 4 heterocycles. The standard InChI is InChI=1S/C28H31N5O2S2/c1-18-7-9-19(10-8-18)33-24(22-6-5-11-35-22)30-31-26(33)37-15-23-29-21(14-36-23)25(34)32-17-28(4)13-20(32)12-27(2,3)16-28/h5-11,14,20H,12-13,15-17H2,1-4H3. The first-order chi connectivity index (χ1) is 17.7. The molecule has 2 aliphatic rings. The second kappa shape index (κ2) is 9.13. The number of fused-ring (bicyclic) bond motifs is 2. The Labute approximate surface area is 225 Å². The van der Waals surface area contributed by atoms with Crippen LogP contribution in [0.25, 0.3) is 17.3 Å². The average molecular weight is 534 g/mol. The number of carbonyl (C=O) groups excluding carboxylic acids is 1. The summed E-state index contributed by atoms with van der Waals surface area (Å²) in [7, 11) is 0. The SMILES string of the molecule is Cc1ccc(-n2c(SCc3nc(C(=O)N4CC5(C)CC4CC(C)(C)C5)cs3)nnc2-c2ccco2)cc1. The summed E-state index contributed by atoms with van der Waals surface area (Å²) in [5.74, 6) is 1.99. The van der Waals surface area contributed by atoms with E-state index in [0.29, 0.717) is 29.1 Å². The van der Waals surface area contributed by atoms with Gasteiger partial charge in [-0.15, -0.1) is 21.5 Å². The summed E-state index contributed by atoms with van der Waals surface area (Å²) in [6.07, 6.45) is 4.97. The molecule has 0 spiro atoms. The quantitative estimate of drug-likeness (QED) is 0.259. The zero-order chi connectivity index (χ0) is 25.8. The van der Waals surface area contributed by atoms with Gasteiger partial charge in [-0.25, -0.2) is 4.98 Å². The van der Waals surface area contributed by atoms with Crippen LogP contribution in [-0.4, -0.2) is 43.1 Å². The van der Waals surface area contributed by atoms with Gasteiger partial charge in [0.1, 0.15) is 10.7 Å². The summed E-state index contributed by atoms with van der Waals surface area (Å²) < 4.78 is 7.63. The Morgan fingerprint density at radius 1 is 1.16 bits per heavy atom. The molecule has 6 rings (SSSR count). The van der Waals surface area contributed by atoms with Gasteiger partial charge in [0.2, 0.25) is 5.82 Å². The Hall–Kier alpha value is -2.91. The highest BCUT2D eigenvalue weighted by atomic mass is 32.2. The Morgan fingerprint density at radius 2 is 1.97 bits per heavy atom. The number of aromatic nitrogens is 4. The van der Waals surface area contributed by atoms with E-state index in [0.717, 1.165) is 35.2 Å². The van der Waals surface area contributed by atoms with Crippen molar-refractivity contribution in [2.24, 2.45) is 10.8 Å². The predicted octanol–water partition coefficient (Wildman–Crippen LogP) is 6.63. The maximum Gasteiger partial charge on any atom is 0.273 e. The smallest absolute Gasteiger partial charge is 0.273 e. The van der Waals surface area contributed by atoms with Gasteiger partial charge in [0.05, 0.1) is 12.0 Å². The first-order valence-electron chi connectivity index (χ1n) is 12.6. The van der Waals surface area contributed by atoms with Crippen molar-refractivity contribution in [1.29, 1.82) is 0 Å². The summed E-state index contributed by atoms with van der Waals surface area (Å²) in [5.41, 5.74) is 3.20.